The Balaban J connectivity index is 2.28. The van der Waals surface area contributed by atoms with Crippen molar-refractivity contribution in [2.24, 2.45) is 5.92 Å². The maximum atomic E-state index is 13.7. The molecule has 0 radical (unpaired) electrons. The second-order valence-corrected chi connectivity index (χ2v) is 6.03. The van der Waals surface area contributed by atoms with Crippen LogP contribution >= 0.6 is 15.9 Å². The topological polar surface area (TPSA) is 12.0 Å². The predicted octanol–water partition coefficient (Wildman–Crippen LogP) is 4.96. The Hall–Kier alpha value is -0.480. The zero-order valence-electron chi connectivity index (χ0n) is 11.2. The molecule has 0 aromatic heterocycles. The number of hydrogen-bond acceptors (Lipinski definition) is 1. The van der Waals surface area contributed by atoms with Gasteiger partial charge in [0.15, 0.2) is 11.6 Å². The first-order valence-electron chi connectivity index (χ1n) is 7.02. The zero-order chi connectivity index (χ0) is 13.8. The van der Waals surface area contributed by atoms with E-state index in [0.29, 0.717) is 5.92 Å². The monoisotopic (exact) mass is 331 g/mol. The Morgan fingerprint density at radius 2 is 2.00 bits per heavy atom. The van der Waals surface area contributed by atoms with Crippen molar-refractivity contribution in [2.75, 3.05) is 6.54 Å². The molecule has 0 bridgehead atoms. The normalized spacial score (nSPS) is 17.9. The summed E-state index contributed by atoms with van der Waals surface area (Å²) in [5.74, 6) is -1.05. The highest BCUT2D eigenvalue weighted by atomic mass is 79.9. The average molecular weight is 332 g/mol. The zero-order valence-corrected chi connectivity index (χ0v) is 12.8. The average Bonchev–Trinajstić information content (AvgIpc) is 2.92. The fourth-order valence-corrected chi connectivity index (χ4v) is 3.47. The third-order valence-corrected chi connectivity index (χ3v) is 4.69. The van der Waals surface area contributed by atoms with Crippen molar-refractivity contribution < 1.29 is 8.78 Å². The minimum atomic E-state index is -0.795. The van der Waals surface area contributed by atoms with E-state index in [1.165, 1.54) is 18.9 Å². The van der Waals surface area contributed by atoms with Crippen molar-refractivity contribution in [1.82, 2.24) is 5.32 Å². The summed E-state index contributed by atoms with van der Waals surface area (Å²) in [6.07, 6.45) is 5.82. The molecule has 0 spiro atoms. The quantitative estimate of drug-likeness (QED) is 0.752. The van der Waals surface area contributed by atoms with Gasteiger partial charge >= 0.3 is 0 Å². The van der Waals surface area contributed by atoms with Gasteiger partial charge < -0.3 is 5.32 Å². The second kappa shape index (κ2) is 6.80. The molecule has 0 heterocycles. The van der Waals surface area contributed by atoms with Crippen molar-refractivity contribution in [3.63, 3.8) is 0 Å². The van der Waals surface area contributed by atoms with Crippen molar-refractivity contribution in [3.8, 4) is 0 Å². The van der Waals surface area contributed by atoms with E-state index in [4.69, 9.17) is 0 Å². The van der Waals surface area contributed by atoms with Crippen LogP contribution in [0.25, 0.3) is 0 Å². The fourth-order valence-electron chi connectivity index (χ4n) is 2.90. The molecular weight excluding hydrogens is 312 g/mol. The molecule has 1 fully saturated rings. The molecule has 1 aromatic carbocycles. The minimum Gasteiger partial charge on any atom is -0.310 e. The Labute approximate surface area is 121 Å². The molecule has 4 heteroatoms. The van der Waals surface area contributed by atoms with E-state index >= 15 is 0 Å². The Bertz CT molecular complexity index is 430. The first kappa shape index (κ1) is 14.9. The van der Waals surface area contributed by atoms with Crippen LogP contribution in [0.4, 0.5) is 8.78 Å². The van der Waals surface area contributed by atoms with E-state index in [1.807, 2.05) is 0 Å². The second-order valence-electron chi connectivity index (χ2n) is 5.24. The lowest BCUT2D eigenvalue weighted by atomic mass is 9.91. The van der Waals surface area contributed by atoms with Gasteiger partial charge in [0.25, 0.3) is 0 Å². The summed E-state index contributed by atoms with van der Waals surface area (Å²) >= 11 is 3.22. The molecule has 1 aliphatic rings. The molecule has 0 amide bonds. The molecule has 1 atom stereocenters. The molecular formula is C15H20BrF2N. The largest absolute Gasteiger partial charge is 0.310 e. The van der Waals surface area contributed by atoms with Crippen LogP contribution in [0.15, 0.2) is 16.6 Å². The fraction of sp³-hybridized carbons (Fsp3) is 0.600. The number of halogens is 3. The smallest absolute Gasteiger partial charge is 0.173 e. The third-order valence-electron chi connectivity index (χ3n) is 3.89. The van der Waals surface area contributed by atoms with Crippen LogP contribution in [0.1, 0.15) is 50.6 Å². The highest BCUT2D eigenvalue weighted by Gasteiger charge is 2.28. The van der Waals surface area contributed by atoms with E-state index in [9.17, 15) is 8.78 Å². The Morgan fingerprint density at radius 1 is 1.32 bits per heavy atom. The van der Waals surface area contributed by atoms with Crippen molar-refractivity contribution in [1.29, 1.82) is 0 Å². The van der Waals surface area contributed by atoms with Gasteiger partial charge in [0.05, 0.1) is 4.47 Å². The van der Waals surface area contributed by atoms with Crippen LogP contribution in [0.2, 0.25) is 0 Å². The summed E-state index contributed by atoms with van der Waals surface area (Å²) in [4.78, 5) is 0. The van der Waals surface area contributed by atoms with Gasteiger partial charge in [0, 0.05) is 6.04 Å². The summed E-state index contributed by atoms with van der Waals surface area (Å²) in [5.41, 5.74) is 0.847. The molecule has 1 nitrogen and oxygen atoms in total. The third kappa shape index (κ3) is 3.34. The summed E-state index contributed by atoms with van der Waals surface area (Å²) in [6.45, 7) is 3.01. The van der Waals surface area contributed by atoms with E-state index in [-0.39, 0.29) is 10.5 Å². The summed E-state index contributed by atoms with van der Waals surface area (Å²) < 4.78 is 27.2. The summed E-state index contributed by atoms with van der Waals surface area (Å²) in [7, 11) is 0. The van der Waals surface area contributed by atoms with Gasteiger partial charge in [-0.05, 0) is 59.3 Å². The van der Waals surface area contributed by atoms with Crippen LogP contribution < -0.4 is 5.32 Å². The molecule has 1 saturated carbocycles. The predicted molar refractivity (Wildman–Crippen MR) is 77.1 cm³/mol. The molecule has 1 aliphatic carbocycles. The van der Waals surface area contributed by atoms with Crippen LogP contribution in [-0.2, 0) is 0 Å². The van der Waals surface area contributed by atoms with Crippen LogP contribution in [0.3, 0.4) is 0 Å². The van der Waals surface area contributed by atoms with Crippen molar-refractivity contribution >= 4 is 15.9 Å². The van der Waals surface area contributed by atoms with Crippen molar-refractivity contribution in [2.45, 2.75) is 45.1 Å². The molecule has 106 valence electrons. The van der Waals surface area contributed by atoms with Crippen molar-refractivity contribution in [3.05, 3.63) is 33.8 Å². The van der Waals surface area contributed by atoms with Gasteiger partial charge in [-0.3, -0.25) is 0 Å². The van der Waals surface area contributed by atoms with E-state index in [1.54, 1.807) is 6.07 Å². The van der Waals surface area contributed by atoms with Crippen LogP contribution in [-0.4, -0.2) is 6.54 Å². The van der Waals surface area contributed by atoms with Crippen LogP contribution in [0.5, 0.6) is 0 Å². The first-order chi connectivity index (χ1) is 9.15. The van der Waals surface area contributed by atoms with E-state index < -0.39 is 11.6 Å². The highest BCUT2D eigenvalue weighted by Crippen LogP contribution is 2.39. The van der Waals surface area contributed by atoms with Gasteiger partial charge in [-0.15, -0.1) is 0 Å². The molecule has 0 saturated heterocycles. The highest BCUT2D eigenvalue weighted by molar-refractivity contribution is 9.10. The lowest BCUT2D eigenvalue weighted by Crippen LogP contribution is -2.28. The summed E-state index contributed by atoms with van der Waals surface area (Å²) in [5, 5.41) is 3.50. The van der Waals surface area contributed by atoms with Gasteiger partial charge in [0.1, 0.15) is 0 Å². The maximum Gasteiger partial charge on any atom is 0.173 e. The number of nitrogens with one attached hydrogen (secondary N) is 1. The molecule has 19 heavy (non-hydrogen) atoms. The minimum absolute atomic E-state index is 0.118. The van der Waals surface area contributed by atoms with Gasteiger partial charge in [-0.2, -0.15) is 0 Å². The summed E-state index contributed by atoms with van der Waals surface area (Å²) in [6, 6.07) is 3.05. The number of hydrogen-bond donors (Lipinski definition) is 1. The Kier molecular flexibility index (Phi) is 5.34. The molecule has 1 unspecified atom stereocenters. The van der Waals surface area contributed by atoms with Gasteiger partial charge in [-0.1, -0.05) is 25.8 Å². The SMILES string of the molecule is CCCNC(c1ccc(F)c(F)c1Br)C1CCCC1. The van der Waals surface area contributed by atoms with Crippen LogP contribution in [0, 0.1) is 17.6 Å². The lowest BCUT2D eigenvalue weighted by molar-refractivity contribution is 0.364. The standard InChI is InChI=1S/C15H20BrF2N/c1-2-9-19-15(10-5-3-4-6-10)11-7-8-12(17)14(18)13(11)16/h7-8,10,15,19H,2-6,9H2,1H3. The molecule has 2 rings (SSSR count). The Morgan fingerprint density at radius 3 is 2.63 bits per heavy atom. The molecule has 1 aromatic rings. The lowest BCUT2D eigenvalue weighted by Gasteiger charge is -2.26. The number of rotatable bonds is 5. The van der Waals surface area contributed by atoms with Gasteiger partial charge in [-0.25, -0.2) is 8.78 Å². The number of benzene rings is 1. The molecule has 1 N–H and O–H groups in total. The van der Waals surface area contributed by atoms with E-state index in [2.05, 4.69) is 28.2 Å². The van der Waals surface area contributed by atoms with Gasteiger partial charge in [0.2, 0.25) is 0 Å². The maximum absolute atomic E-state index is 13.7. The molecule has 0 aliphatic heterocycles. The first-order valence-corrected chi connectivity index (χ1v) is 7.81. The van der Waals surface area contributed by atoms with E-state index in [0.717, 1.165) is 31.4 Å².